The number of carbonyl (C=O) groups is 2. The maximum Gasteiger partial charge on any atom is 0.407 e. The molecule has 1 aromatic rings. The summed E-state index contributed by atoms with van der Waals surface area (Å²) in [5.41, 5.74) is -0.0907. The van der Waals surface area contributed by atoms with Gasteiger partial charge < -0.3 is 19.7 Å². The summed E-state index contributed by atoms with van der Waals surface area (Å²) in [5, 5.41) is 2.87. The number of aromatic nitrogens is 1. The average Bonchev–Trinajstić information content (AvgIpc) is 2.93. The standard InChI is InChI=1S/C16H23N3O4/c1-16(2,3)23-15(21)18-12-7-8-19(10-12)13-6-5-11(9-17-13)14(20)22-4/h5-6,9,12H,7-8,10H2,1-4H3,(H,18,21). The Morgan fingerprint density at radius 2 is 2.09 bits per heavy atom. The topological polar surface area (TPSA) is 80.8 Å². The maximum atomic E-state index is 11.8. The minimum atomic E-state index is -0.506. The van der Waals surface area contributed by atoms with Crippen molar-refractivity contribution in [1.29, 1.82) is 0 Å². The number of amides is 1. The first kappa shape index (κ1) is 17.1. The summed E-state index contributed by atoms with van der Waals surface area (Å²) in [6, 6.07) is 3.48. The molecule has 0 radical (unpaired) electrons. The predicted molar refractivity (Wildman–Crippen MR) is 85.6 cm³/mol. The molecule has 1 aliphatic heterocycles. The van der Waals surface area contributed by atoms with Gasteiger partial charge >= 0.3 is 12.1 Å². The van der Waals surface area contributed by atoms with Crippen molar-refractivity contribution in [2.75, 3.05) is 25.1 Å². The lowest BCUT2D eigenvalue weighted by Crippen LogP contribution is -2.40. The monoisotopic (exact) mass is 321 g/mol. The van der Waals surface area contributed by atoms with E-state index >= 15 is 0 Å². The van der Waals surface area contributed by atoms with Crippen LogP contribution in [-0.2, 0) is 9.47 Å². The Hall–Kier alpha value is -2.31. The number of nitrogens with zero attached hydrogens (tertiary/aromatic N) is 2. The summed E-state index contributed by atoms with van der Waals surface area (Å²) in [6.45, 7) is 6.94. The van der Waals surface area contributed by atoms with Crippen LogP contribution >= 0.6 is 0 Å². The number of carbonyl (C=O) groups excluding carboxylic acids is 2. The summed E-state index contributed by atoms with van der Waals surface area (Å²) in [5.74, 6) is 0.362. The van der Waals surface area contributed by atoms with E-state index in [1.54, 1.807) is 12.1 Å². The smallest absolute Gasteiger partial charge is 0.407 e. The summed E-state index contributed by atoms with van der Waals surface area (Å²) in [7, 11) is 1.34. The quantitative estimate of drug-likeness (QED) is 0.857. The van der Waals surface area contributed by atoms with Crippen LogP contribution in [0, 0.1) is 0 Å². The second-order valence-electron chi connectivity index (χ2n) is 6.47. The van der Waals surface area contributed by atoms with E-state index in [1.807, 2.05) is 20.8 Å². The lowest BCUT2D eigenvalue weighted by Gasteiger charge is -2.22. The molecule has 1 N–H and O–H groups in total. The molecule has 1 atom stereocenters. The van der Waals surface area contributed by atoms with Gasteiger partial charge in [-0.15, -0.1) is 0 Å². The van der Waals surface area contributed by atoms with Gasteiger partial charge in [-0.3, -0.25) is 0 Å². The Morgan fingerprint density at radius 3 is 2.65 bits per heavy atom. The lowest BCUT2D eigenvalue weighted by molar-refractivity contribution is 0.0508. The van der Waals surface area contributed by atoms with Crippen molar-refractivity contribution in [3.63, 3.8) is 0 Å². The second-order valence-corrected chi connectivity index (χ2v) is 6.47. The third-order valence-corrected chi connectivity index (χ3v) is 3.40. The molecule has 23 heavy (non-hydrogen) atoms. The van der Waals surface area contributed by atoms with E-state index in [1.165, 1.54) is 13.3 Å². The molecule has 0 spiro atoms. The Morgan fingerprint density at radius 1 is 1.35 bits per heavy atom. The van der Waals surface area contributed by atoms with Gasteiger partial charge in [-0.1, -0.05) is 0 Å². The van der Waals surface area contributed by atoms with Gasteiger partial charge in [0.25, 0.3) is 0 Å². The molecular formula is C16H23N3O4. The number of hydrogen-bond donors (Lipinski definition) is 1. The normalized spacial score (nSPS) is 17.7. The highest BCUT2D eigenvalue weighted by atomic mass is 16.6. The van der Waals surface area contributed by atoms with Crippen LogP contribution in [0.3, 0.4) is 0 Å². The van der Waals surface area contributed by atoms with E-state index in [2.05, 4.69) is 19.9 Å². The Bertz CT molecular complexity index is 566. The first-order valence-corrected chi connectivity index (χ1v) is 7.57. The van der Waals surface area contributed by atoms with Gasteiger partial charge in [-0.25, -0.2) is 14.6 Å². The molecule has 7 nitrogen and oxygen atoms in total. The Kier molecular flexibility index (Phi) is 5.08. The second kappa shape index (κ2) is 6.85. The van der Waals surface area contributed by atoms with Gasteiger partial charge in [0.1, 0.15) is 11.4 Å². The highest BCUT2D eigenvalue weighted by molar-refractivity contribution is 5.89. The van der Waals surface area contributed by atoms with E-state index in [0.717, 1.165) is 18.8 Å². The van der Waals surface area contributed by atoms with Crippen LogP contribution in [0.5, 0.6) is 0 Å². The zero-order valence-corrected chi connectivity index (χ0v) is 14.0. The van der Waals surface area contributed by atoms with E-state index in [4.69, 9.17) is 4.74 Å². The van der Waals surface area contributed by atoms with E-state index in [-0.39, 0.29) is 6.04 Å². The number of rotatable bonds is 3. The number of esters is 1. The highest BCUT2D eigenvalue weighted by Gasteiger charge is 2.26. The number of methoxy groups -OCH3 is 1. The third kappa shape index (κ3) is 4.84. The first-order valence-electron chi connectivity index (χ1n) is 7.57. The van der Waals surface area contributed by atoms with Crippen LogP contribution in [0.2, 0.25) is 0 Å². The molecule has 2 rings (SSSR count). The molecule has 1 saturated heterocycles. The summed E-state index contributed by atoms with van der Waals surface area (Å²) < 4.78 is 9.91. The molecule has 1 amide bonds. The predicted octanol–water partition coefficient (Wildman–Crippen LogP) is 1.97. The molecule has 7 heteroatoms. The van der Waals surface area contributed by atoms with Gasteiger partial charge in [-0.05, 0) is 39.3 Å². The first-order chi connectivity index (χ1) is 10.8. The van der Waals surface area contributed by atoms with E-state index < -0.39 is 17.7 Å². The number of anilines is 1. The van der Waals surface area contributed by atoms with Crippen LogP contribution in [0.1, 0.15) is 37.6 Å². The minimum absolute atomic E-state index is 0.0203. The SMILES string of the molecule is COC(=O)c1ccc(N2CCC(NC(=O)OC(C)(C)C)C2)nc1. The van der Waals surface area contributed by atoms with Crippen molar-refractivity contribution in [1.82, 2.24) is 10.3 Å². The molecule has 1 aromatic heterocycles. The summed E-state index contributed by atoms with van der Waals surface area (Å²) >= 11 is 0. The molecule has 2 heterocycles. The summed E-state index contributed by atoms with van der Waals surface area (Å²) in [4.78, 5) is 29.5. The Balaban J connectivity index is 1.90. The molecule has 126 valence electrons. The summed E-state index contributed by atoms with van der Waals surface area (Å²) in [6.07, 6.45) is 1.91. The molecule has 1 fully saturated rings. The van der Waals surface area contributed by atoms with Crippen LogP contribution in [0.15, 0.2) is 18.3 Å². The maximum absolute atomic E-state index is 11.8. The minimum Gasteiger partial charge on any atom is -0.465 e. The molecule has 0 bridgehead atoms. The zero-order valence-electron chi connectivity index (χ0n) is 14.0. The van der Waals surface area contributed by atoms with Gasteiger partial charge in [0.05, 0.1) is 18.7 Å². The lowest BCUT2D eigenvalue weighted by atomic mass is 10.2. The van der Waals surface area contributed by atoms with Gasteiger partial charge in [-0.2, -0.15) is 0 Å². The van der Waals surface area contributed by atoms with Crippen molar-refractivity contribution in [3.05, 3.63) is 23.9 Å². The van der Waals surface area contributed by atoms with Crippen molar-refractivity contribution in [2.45, 2.75) is 38.8 Å². The van der Waals surface area contributed by atoms with Crippen molar-refractivity contribution < 1.29 is 19.1 Å². The fourth-order valence-electron chi connectivity index (χ4n) is 2.37. The molecule has 0 aromatic carbocycles. The number of alkyl carbamates (subject to hydrolysis) is 1. The zero-order chi connectivity index (χ0) is 17.0. The Labute approximate surface area is 136 Å². The van der Waals surface area contributed by atoms with Crippen LogP contribution in [0.4, 0.5) is 10.6 Å². The van der Waals surface area contributed by atoms with Gasteiger partial charge in [0.15, 0.2) is 0 Å². The van der Waals surface area contributed by atoms with Crippen LogP contribution < -0.4 is 10.2 Å². The van der Waals surface area contributed by atoms with Crippen LogP contribution in [-0.4, -0.2) is 48.9 Å². The van der Waals surface area contributed by atoms with Crippen molar-refractivity contribution in [2.24, 2.45) is 0 Å². The molecular weight excluding hydrogens is 298 g/mol. The number of hydrogen-bond acceptors (Lipinski definition) is 6. The van der Waals surface area contributed by atoms with Gasteiger partial charge in [0.2, 0.25) is 0 Å². The molecule has 0 saturated carbocycles. The number of ether oxygens (including phenoxy) is 2. The highest BCUT2D eigenvalue weighted by Crippen LogP contribution is 2.19. The number of nitrogens with one attached hydrogen (secondary N) is 1. The van der Waals surface area contributed by atoms with Crippen molar-refractivity contribution in [3.8, 4) is 0 Å². The number of pyridine rings is 1. The molecule has 1 unspecified atom stereocenters. The molecule has 0 aliphatic carbocycles. The van der Waals surface area contributed by atoms with Gasteiger partial charge in [0, 0.05) is 19.3 Å². The van der Waals surface area contributed by atoms with E-state index in [9.17, 15) is 9.59 Å². The third-order valence-electron chi connectivity index (χ3n) is 3.40. The largest absolute Gasteiger partial charge is 0.465 e. The molecule has 1 aliphatic rings. The fraction of sp³-hybridized carbons (Fsp3) is 0.562. The average molecular weight is 321 g/mol. The van der Waals surface area contributed by atoms with Crippen molar-refractivity contribution >= 4 is 17.9 Å². The van der Waals surface area contributed by atoms with E-state index in [0.29, 0.717) is 12.1 Å². The fourth-order valence-corrected chi connectivity index (χ4v) is 2.37. The van der Waals surface area contributed by atoms with Crippen LogP contribution in [0.25, 0.3) is 0 Å².